The van der Waals surface area contributed by atoms with Crippen LogP contribution in [0.15, 0.2) is 54.6 Å². The molecule has 0 saturated heterocycles. The first-order chi connectivity index (χ1) is 15.0. The molecule has 11 heteroatoms. The maximum atomic E-state index is 12.1. The van der Waals surface area contributed by atoms with Gasteiger partial charge >= 0.3 is 11.8 Å². The van der Waals surface area contributed by atoms with Gasteiger partial charge in [-0.05, 0) is 43.3 Å². The van der Waals surface area contributed by atoms with E-state index in [0.717, 1.165) is 16.7 Å². The first-order valence-electron chi connectivity index (χ1n) is 9.27. The van der Waals surface area contributed by atoms with Gasteiger partial charge in [-0.1, -0.05) is 17.3 Å². The number of rotatable bonds is 5. The number of hydrogen-bond donors (Lipinski definition) is 4. The minimum Gasteiger partial charge on any atom is -0.388 e. The first kappa shape index (κ1) is 19.9. The van der Waals surface area contributed by atoms with Crippen molar-refractivity contribution in [3.63, 3.8) is 0 Å². The van der Waals surface area contributed by atoms with Gasteiger partial charge in [0.05, 0.1) is 11.2 Å². The van der Waals surface area contributed by atoms with Crippen molar-refractivity contribution in [3.05, 3.63) is 66.1 Å². The van der Waals surface area contributed by atoms with Gasteiger partial charge in [0.15, 0.2) is 5.82 Å². The third kappa shape index (κ3) is 4.46. The fraction of sp³-hybridized carbons (Fsp3) is 0.100. The first-order valence-corrected chi connectivity index (χ1v) is 9.27. The number of carbonyl (C=O) groups excluding carboxylic acids is 2. The van der Waals surface area contributed by atoms with Crippen LogP contribution >= 0.6 is 0 Å². The minimum absolute atomic E-state index is 0.196. The predicted molar refractivity (Wildman–Crippen MR) is 112 cm³/mol. The third-order valence-corrected chi connectivity index (χ3v) is 4.27. The number of nitrogens with zero attached hydrogens (tertiary/aromatic N) is 5. The summed E-state index contributed by atoms with van der Waals surface area (Å²) in [6.07, 6.45) is 0. The van der Waals surface area contributed by atoms with Crippen LogP contribution in [0.2, 0.25) is 0 Å². The predicted octanol–water partition coefficient (Wildman–Crippen LogP) is 1.09. The summed E-state index contributed by atoms with van der Waals surface area (Å²) in [4.78, 5) is 32.2. The smallest absolute Gasteiger partial charge is 0.327 e. The van der Waals surface area contributed by atoms with Crippen molar-refractivity contribution < 1.29 is 14.7 Å². The van der Waals surface area contributed by atoms with E-state index in [9.17, 15) is 9.59 Å². The van der Waals surface area contributed by atoms with Crippen LogP contribution in [0.4, 0.5) is 11.5 Å². The van der Waals surface area contributed by atoms with E-state index in [-0.39, 0.29) is 18.2 Å². The molecule has 156 valence electrons. The average molecular weight is 418 g/mol. The number of amides is 2. The molecule has 0 saturated carbocycles. The standard InChI is InChI=1S/C20H18N8O3/c1-12-10-17(23-18(11-29)21-12)25-26-20(31)19(30)22-13-6-8-14(9-7-13)28-16-5-3-2-4-15(16)24-27-28/h2-10,29H,11H2,1H3,(H,22,30)(H,26,31)(H,21,23,25). The van der Waals surface area contributed by atoms with Crippen molar-refractivity contribution in [2.75, 3.05) is 10.7 Å². The van der Waals surface area contributed by atoms with E-state index in [2.05, 4.69) is 36.4 Å². The van der Waals surface area contributed by atoms with Crippen molar-refractivity contribution in [2.45, 2.75) is 13.5 Å². The van der Waals surface area contributed by atoms with E-state index in [0.29, 0.717) is 11.4 Å². The van der Waals surface area contributed by atoms with E-state index in [1.54, 1.807) is 41.9 Å². The summed E-state index contributed by atoms with van der Waals surface area (Å²) in [5, 5.41) is 19.9. The molecule has 0 aliphatic carbocycles. The van der Waals surface area contributed by atoms with Crippen LogP contribution in [0, 0.1) is 6.92 Å². The Morgan fingerprint density at radius 2 is 1.81 bits per heavy atom. The molecule has 4 N–H and O–H groups in total. The summed E-state index contributed by atoms with van der Waals surface area (Å²) in [5.41, 5.74) is 8.21. The Hall–Kier alpha value is -4.38. The van der Waals surface area contributed by atoms with Crippen molar-refractivity contribution in [2.24, 2.45) is 0 Å². The summed E-state index contributed by atoms with van der Waals surface area (Å²) < 4.78 is 1.68. The molecule has 4 rings (SSSR count). The SMILES string of the molecule is Cc1cc(NNC(=O)C(=O)Nc2ccc(-n3nnc4ccccc43)cc2)nc(CO)n1. The van der Waals surface area contributed by atoms with Gasteiger partial charge in [-0.25, -0.2) is 14.6 Å². The third-order valence-electron chi connectivity index (χ3n) is 4.27. The summed E-state index contributed by atoms with van der Waals surface area (Å²) in [6.45, 7) is 1.37. The lowest BCUT2D eigenvalue weighted by Crippen LogP contribution is -2.39. The summed E-state index contributed by atoms with van der Waals surface area (Å²) >= 11 is 0. The second-order valence-electron chi connectivity index (χ2n) is 6.54. The molecule has 0 atom stereocenters. The molecular formula is C20H18N8O3. The van der Waals surface area contributed by atoms with Gasteiger partial charge < -0.3 is 10.4 Å². The maximum Gasteiger partial charge on any atom is 0.327 e. The molecule has 0 bridgehead atoms. The lowest BCUT2D eigenvalue weighted by atomic mass is 10.2. The van der Waals surface area contributed by atoms with Crippen LogP contribution < -0.4 is 16.2 Å². The number of aromatic nitrogens is 5. The van der Waals surface area contributed by atoms with Crippen LogP contribution in [0.3, 0.4) is 0 Å². The van der Waals surface area contributed by atoms with Gasteiger partial charge in [0.2, 0.25) is 0 Å². The summed E-state index contributed by atoms with van der Waals surface area (Å²) in [5.74, 6) is -1.32. The second-order valence-corrected chi connectivity index (χ2v) is 6.54. The van der Waals surface area contributed by atoms with Crippen molar-refractivity contribution >= 4 is 34.4 Å². The highest BCUT2D eigenvalue weighted by atomic mass is 16.3. The number of nitrogens with one attached hydrogen (secondary N) is 3. The molecule has 11 nitrogen and oxygen atoms in total. The van der Waals surface area contributed by atoms with Crippen LogP contribution in [-0.2, 0) is 16.2 Å². The zero-order valence-electron chi connectivity index (χ0n) is 16.4. The molecule has 0 unspecified atom stereocenters. The molecule has 2 amide bonds. The zero-order chi connectivity index (χ0) is 21.8. The van der Waals surface area contributed by atoms with E-state index >= 15 is 0 Å². The van der Waals surface area contributed by atoms with Crippen molar-refractivity contribution in [1.29, 1.82) is 0 Å². The van der Waals surface area contributed by atoms with Crippen molar-refractivity contribution in [3.8, 4) is 5.69 Å². The summed E-state index contributed by atoms with van der Waals surface area (Å²) in [6, 6.07) is 16.0. The largest absolute Gasteiger partial charge is 0.388 e. The molecule has 0 radical (unpaired) electrons. The number of aryl methyl sites for hydroxylation is 1. The number of aliphatic hydroxyl groups excluding tert-OH is 1. The van der Waals surface area contributed by atoms with E-state index in [1.807, 2.05) is 24.3 Å². The average Bonchev–Trinajstić information content (AvgIpc) is 3.21. The van der Waals surface area contributed by atoms with Crippen LogP contribution in [-0.4, -0.2) is 41.9 Å². The van der Waals surface area contributed by atoms with Crippen molar-refractivity contribution in [1.82, 2.24) is 30.4 Å². The topological polar surface area (TPSA) is 147 Å². The molecule has 0 fully saturated rings. The van der Waals surface area contributed by atoms with E-state index in [4.69, 9.17) is 5.11 Å². The number of benzene rings is 2. The van der Waals surface area contributed by atoms with Gasteiger partial charge in [0, 0.05) is 17.4 Å². The lowest BCUT2D eigenvalue weighted by Gasteiger charge is -2.10. The molecule has 31 heavy (non-hydrogen) atoms. The molecule has 4 aromatic rings. The number of anilines is 2. The van der Waals surface area contributed by atoms with Crippen LogP contribution in [0.25, 0.3) is 16.7 Å². The van der Waals surface area contributed by atoms with Gasteiger partial charge in [-0.3, -0.25) is 20.4 Å². The highest BCUT2D eigenvalue weighted by Crippen LogP contribution is 2.18. The fourth-order valence-corrected chi connectivity index (χ4v) is 2.88. The van der Waals surface area contributed by atoms with Gasteiger partial charge in [0.25, 0.3) is 0 Å². The Balaban J connectivity index is 1.38. The lowest BCUT2D eigenvalue weighted by molar-refractivity contribution is -0.135. The quantitative estimate of drug-likeness (QED) is 0.278. The molecule has 0 spiro atoms. The Labute approximate surface area is 176 Å². The Kier molecular flexibility index (Phi) is 5.49. The molecule has 2 aromatic heterocycles. The number of carbonyl (C=O) groups is 2. The second kappa shape index (κ2) is 8.55. The fourth-order valence-electron chi connectivity index (χ4n) is 2.88. The Bertz CT molecular complexity index is 1250. The molecule has 0 aliphatic rings. The molecular weight excluding hydrogens is 400 g/mol. The number of hydrazine groups is 1. The maximum absolute atomic E-state index is 12.1. The molecule has 2 aromatic carbocycles. The number of aliphatic hydroxyl groups is 1. The Morgan fingerprint density at radius 1 is 1.03 bits per heavy atom. The number of hydrogen-bond acceptors (Lipinski definition) is 8. The summed E-state index contributed by atoms with van der Waals surface area (Å²) in [7, 11) is 0. The highest BCUT2D eigenvalue weighted by molar-refractivity contribution is 6.39. The molecule has 2 heterocycles. The van der Waals surface area contributed by atoms with Crippen LogP contribution in [0.1, 0.15) is 11.5 Å². The Morgan fingerprint density at radius 3 is 2.58 bits per heavy atom. The van der Waals surface area contributed by atoms with Gasteiger partial charge in [0.1, 0.15) is 17.9 Å². The van der Waals surface area contributed by atoms with E-state index in [1.165, 1.54) is 0 Å². The monoisotopic (exact) mass is 418 g/mol. The number of para-hydroxylation sites is 1. The van der Waals surface area contributed by atoms with E-state index < -0.39 is 11.8 Å². The van der Waals surface area contributed by atoms with Crippen LogP contribution in [0.5, 0.6) is 0 Å². The normalized spacial score (nSPS) is 10.6. The van der Waals surface area contributed by atoms with Gasteiger partial charge in [-0.2, -0.15) is 0 Å². The number of fused-ring (bicyclic) bond motifs is 1. The molecule has 0 aliphatic heterocycles. The van der Waals surface area contributed by atoms with Gasteiger partial charge in [-0.15, -0.1) is 5.10 Å². The zero-order valence-corrected chi connectivity index (χ0v) is 16.4. The highest BCUT2D eigenvalue weighted by Gasteiger charge is 2.14. The minimum atomic E-state index is -0.909.